The van der Waals surface area contributed by atoms with Crippen LogP contribution in [0.25, 0.3) is 11.0 Å². The Balaban J connectivity index is 1.85. The summed E-state index contributed by atoms with van der Waals surface area (Å²) in [7, 11) is 2.92. The van der Waals surface area contributed by atoms with E-state index < -0.39 is 11.2 Å². The van der Waals surface area contributed by atoms with Crippen molar-refractivity contribution in [1.29, 1.82) is 0 Å². The molecule has 1 amide bonds. The zero-order valence-electron chi connectivity index (χ0n) is 16.1. The van der Waals surface area contributed by atoms with Crippen LogP contribution in [0.1, 0.15) is 28.5 Å². The molecule has 0 saturated carbocycles. The lowest BCUT2D eigenvalue weighted by Crippen LogP contribution is -2.37. The van der Waals surface area contributed by atoms with Gasteiger partial charge in [-0.1, -0.05) is 24.3 Å². The van der Waals surface area contributed by atoms with Crippen LogP contribution < -0.4 is 16.6 Å². The first-order chi connectivity index (χ1) is 13.4. The number of nitrogens with zero attached hydrogens (tertiary/aromatic N) is 3. The maximum Gasteiger partial charge on any atom is 0.332 e. The van der Waals surface area contributed by atoms with Gasteiger partial charge < -0.3 is 10.1 Å². The minimum atomic E-state index is -0.493. The number of fused-ring (bicyclic) bond motifs is 1. The van der Waals surface area contributed by atoms with Gasteiger partial charge in [0.05, 0.1) is 12.0 Å². The molecule has 3 aromatic rings. The normalized spacial score (nSPS) is 11.0. The van der Waals surface area contributed by atoms with Crippen LogP contribution in [0.5, 0.6) is 0 Å². The van der Waals surface area contributed by atoms with Gasteiger partial charge in [-0.25, -0.2) is 9.78 Å². The minimum Gasteiger partial charge on any atom is -0.377 e. The second kappa shape index (κ2) is 8.18. The van der Waals surface area contributed by atoms with Gasteiger partial charge in [-0.15, -0.1) is 0 Å². The molecule has 0 bridgehead atoms. The molecule has 0 aliphatic rings. The van der Waals surface area contributed by atoms with E-state index in [1.54, 1.807) is 0 Å². The van der Waals surface area contributed by atoms with Crippen LogP contribution in [-0.2, 0) is 32.0 Å². The summed E-state index contributed by atoms with van der Waals surface area (Å²) in [5, 5.41) is 3.11. The molecule has 8 nitrogen and oxygen atoms in total. The molecule has 0 unspecified atom stereocenters. The standard InChI is InChI=1S/C20H22N4O4/c1-4-28-12-14-8-6-5-7-13(14)11-21-18(25)16-10-9-15-17(22-16)23(2)20(27)24(3)19(15)26/h5-10H,4,11-12H2,1-3H3,(H,21,25). The Hall–Kier alpha value is -3.26. The van der Waals surface area contributed by atoms with E-state index in [2.05, 4.69) is 10.3 Å². The van der Waals surface area contributed by atoms with Crippen molar-refractivity contribution in [3.63, 3.8) is 0 Å². The molecule has 0 atom stereocenters. The lowest BCUT2D eigenvalue weighted by Gasteiger charge is -2.11. The lowest BCUT2D eigenvalue weighted by atomic mass is 10.1. The van der Waals surface area contributed by atoms with E-state index in [0.717, 1.165) is 15.7 Å². The molecule has 8 heteroatoms. The second-order valence-corrected chi connectivity index (χ2v) is 6.36. The fraction of sp³-hybridized carbons (Fsp3) is 0.300. The van der Waals surface area contributed by atoms with Crippen LogP contribution in [0, 0.1) is 0 Å². The number of aromatic nitrogens is 3. The molecular weight excluding hydrogens is 360 g/mol. The monoisotopic (exact) mass is 382 g/mol. The number of aryl methyl sites for hydroxylation is 1. The highest BCUT2D eigenvalue weighted by Gasteiger charge is 2.14. The number of carbonyl (C=O) groups excluding carboxylic acids is 1. The molecule has 28 heavy (non-hydrogen) atoms. The van der Waals surface area contributed by atoms with E-state index in [-0.39, 0.29) is 22.6 Å². The number of rotatable bonds is 6. The van der Waals surface area contributed by atoms with Crippen molar-refractivity contribution in [2.45, 2.75) is 20.1 Å². The van der Waals surface area contributed by atoms with Crippen LogP contribution >= 0.6 is 0 Å². The van der Waals surface area contributed by atoms with E-state index in [1.165, 1.54) is 30.8 Å². The Bertz CT molecular complexity index is 1150. The Morgan fingerprint density at radius 1 is 1.07 bits per heavy atom. The van der Waals surface area contributed by atoms with Gasteiger partial charge in [-0.3, -0.25) is 18.7 Å². The van der Waals surface area contributed by atoms with Crippen LogP contribution in [0.2, 0.25) is 0 Å². The Labute approximate surface area is 161 Å². The Kier molecular flexibility index (Phi) is 5.70. The van der Waals surface area contributed by atoms with E-state index in [1.807, 2.05) is 31.2 Å². The van der Waals surface area contributed by atoms with Crippen LogP contribution in [0.3, 0.4) is 0 Å². The molecule has 0 fully saturated rings. The molecule has 3 rings (SSSR count). The Morgan fingerprint density at radius 2 is 1.79 bits per heavy atom. The first kappa shape index (κ1) is 19.5. The van der Waals surface area contributed by atoms with Gasteiger partial charge in [-0.05, 0) is 30.2 Å². The number of benzene rings is 1. The summed E-state index contributed by atoms with van der Waals surface area (Å²) in [6.45, 7) is 3.33. The van der Waals surface area contributed by atoms with Crippen molar-refractivity contribution in [2.75, 3.05) is 6.61 Å². The molecule has 0 spiro atoms. The van der Waals surface area contributed by atoms with Crippen molar-refractivity contribution in [3.8, 4) is 0 Å². The smallest absolute Gasteiger partial charge is 0.332 e. The third-order valence-corrected chi connectivity index (χ3v) is 4.55. The summed E-state index contributed by atoms with van der Waals surface area (Å²) in [5.74, 6) is -0.388. The quantitative estimate of drug-likeness (QED) is 0.689. The summed E-state index contributed by atoms with van der Waals surface area (Å²) < 4.78 is 7.72. The number of ether oxygens (including phenoxy) is 1. The number of carbonyl (C=O) groups is 1. The first-order valence-corrected chi connectivity index (χ1v) is 8.93. The third-order valence-electron chi connectivity index (χ3n) is 4.55. The fourth-order valence-electron chi connectivity index (χ4n) is 2.93. The van der Waals surface area contributed by atoms with Crippen molar-refractivity contribution in [3.05, 3.63) is 74.1 Å². The summed E-state index contributed by atoms with van der Waals surface area (Å²) in [6, 6.07) is 10.7. The van der Waals surface area contributed by atoms with Gasteiger partial charge in [-0.2, -0.15) is 0 Å². The van der Waals surface area contributed by atoms with Crippen molar-refractivity contribution in [1.82, 2.24) is 19.4 Å². The maximum atomic E-state index is 12.6. The molecule has 0 aliphatic heterocycles. The SMILES string of the molecule is CCOCc1ccccc1CNC(=O)c1ccc2c(=O)n(C)c(=O)n(C)c2n1. The highest BCUT2D eigenvalue weighted by Crippen LogP contribution is 2.11. The average Bonchev–Trinajstić information content (AvgIpc) is 2.73. The zero-order chi connectivity index (χ0) is 20.3. The number of pyridine rings is 1. The molecule has 2 aromatic heterocycles. The van der Waals surface area contributed by atoms with Gasteiger partial charge in [0, 0.05) is 27.2 Å². The van der Waals surface area contributed by atoms with Gasteiger partial charge in [0.25, 0.3) is 11.5 Å². The number of amides is 1. The van der Waals surface area contributed by atoms with Crippen LogP contribution in [-0.4, -0.2) is 26.6 Å². The van der Waals surface area contributed by atoms with Crippen molar-refractivity contribution >= 4 is 16.9 Å². The van der Waals surface area contributed by atoms with Crippen LogP contribution in [0.4, 0.5) is 0 Å². The molecule has 0 radical (unpaired) electrons. The third kappa shape index (κ3) is 3.72. The Morgan fingerprint density at radius 3 is 2.50 bits per heavy atom. The second-order valence-electron chi connectivity index (χ2n) is 6.36. The van der Waals surface area contributed by atoms with Crippen molar-refractivity contribution in [2.24, 2.45) is 14.1 Å². The molecule has 146 valence electrons. The molecular formula is C20H22N4O4. The summed E-state index contributed by atoms with van der Waals surface area (Å²) in [5.41, 5.74) is 1.33. The first-order valence-electron chi connectivity index (χ1n) is 8.93. The number of hydrogen-bond acceptors (Lipinski definition) is 5. The van der Waals surface area contributed by atoms with E-state index in [4.69, 9.17) is 4.74 Å². The molecule has 0 saturated heterocycles. The molecule has 1 aromatic carbocycles. The van der Waals surface area contributed by atoms with E-state index in [0.29, 0.717) is 19.8 Å². The highest BCUT2D eigenvalue weighted by molar-refractivity contribution is 5.94. The van der Waals surface area contributed by atoms with E-state index >= 15 is 0 Å². The molecule has 0 aliphatic carbocycles. The highest BCUT2D eigenvalue weighted by atomic mass is 16.5. The predicted octanol–water partition coefficient (Wildman–Crippen LogP) is 1.10. The molecule has 1 N–H and O–H groups in total. The fourth-order valence-corrected chi connectivity index (χ4v) is 2.93. The zero-order valence-corrected chi connectivity index (χ0v) is 16.1. The summed E-state index contributed by atoms with van der Waals surface area (Å²) >= 11 is 0. The van der Waals surface area contributed by atoms with Gasteiger partial charge in [0.15, 0.2) is 0 Å². The van der Waals surface area contributed by atoms with Gasteiger partial charge in [0.2, 0.25) is 0 Å². The van der Waals surface area contributed by atoms with Gasteiger partial charge >= 0.3 is 5.69 Å². The summed E-state index contributed by atoms with van der Waals surface area (Å²) in [4.78, 5) is 41.1. The lowest BCUT2D eigenvalue weighted by molar-refractivity contribution is 0.0945. The topological polar surface area (TPSA) is 95.2 Å². The number of hydrogen-bond donors (Lipinski definition) is 1. The maximum absolute atomic E-state index is 12.6. The summed E-state index contributed by atoms with van der Waals surface area (Å²) in [6.07, 6.45) is 0. The van der Waals surface area contributed by atoms with Gasteiger partial charge in [0.1, 0.15) is 11.3 Å². The molecule has 2 heterocycles. The van der Waals surface area contributed by atoms with Crippen LogP contribution in [0.15, 0.2) is 46.0 Å². The average molecular weight is 382 g/mol. The minimum absolute atomic E-state index is 0.137. The van der Waals surface area contributed by atoms with E-state index in [9.17, 15) is 14.4 Å². The number of nitrogens with one attached hydrogen (secondary N) is 1. The largest absolute Gasteiger partial charge is 0.377 e. The van der Waals surface area contributed by atoms with Crippen molar-refractivity contribution < 1.29 is 9.53 Å². The predicted molar refractivity (Wildman–Crippen MR) is 105 cm³/mol.